The fourth-order valence-electron chi connectivity index (χ4n) is 1.25. The topological polar surface area (TPSA) is 38.3 Å². The summed E-state index contributed by atoms with van der Waals surface area (Å²) in [6.07, 6.45) is 1.92. The van der Waals surface area contributed by atoms with E-state index in [0.29, 0.717) is 6.61 Å². The van der Waals surface area contributed by atoms with Gasteiger partial charge in [-0.3, -0.25) is 4.79 Å². The number of carbonyl (C=O) groups is 1. The zero-order chi connectivity index (χ0) is 13.7. The number of rotatable bonds is 7. The third-order valence-corrected chi connectivity index (χ3v) is 3.13. The van der Waals surface area contributed by atoms with Crippen LogP contribution in [0.2, 0.25) is 0 Å². The molecule has 1 amide bonds. The van der Waals surface area contributed by atoms with Crippen LogP contribution in [0.25, 0.3) is 0 Å². The molecular formula is C14H29NO2. The van der Waals surface area contributed by atoms with Crippen molar-refractivity contribution in [1.29, 1.82) is 0 Å². The Morgan fingerprint density at radius 2 is 1.76 bits per heavy atom. The van der Waals surface area contributed by atoms with Crippen molar-refractivity contribution >= 4 is 5.91 Å². The number of hydrogen-bond donors (Lipinski definition) is 1. The largest absolute Gasteiger partial charge is 0.379 e. The van der Waals surface area contributed by atoms with E-state index in [1.807, 2.05) is 48.5 Å². The molecule has 0 spiro atoms. The van der Waals surface area contributed by atoms with Crippen LogP contribution >= 0.6 is 0 Å². The summed E-state index contributed by atoms with van der Waals surface area (Å²) >= 11 is 0. The molecule has 0 rings (SSSR count). The molecule has 0 saturated carbocycles. The van der Waals surface area contributed by atoms with Crippen LogP contribution < -0.4 is 5.32 Å². The second kappa shape index (κ2) is 6.39. The standard InChI is InChI=1S/C14H29NO2/c1-8-13(4,5)12(16)15-14(6,7)9-10-17-11(2)3/h11H,8-10H2,1-7H3,(H,15,16). The average molecular weight is 243 g/mol. The maximum Gasteiger partial charge on any atom is 0.226 e. The lowest BCUT2D eigenvalue weighted by Gasteiger charge is -2.31. The highest BCUT2D eigenvalue weighted by atomic mass is 16.5. The minimum Gasteiger partial charge on any atom is -0.379 e. The van der Waals surface area contributed by atoms with Gasteiger partial charge in [-0.05, 0) is 40.5 Å². The van der Waals surface area contributed by atoms with Gasteiger partial charge in [-0.25, -0.2) is 0 Å². The normalized spacial score (nSPS) is 12.9. The molecule has 0 unspecified atom stereocenters. The Balaban J connectivity index is 4.20. The smallest absolute Gasteiger partial charge is 0.226 e. The lowest BCUT2D eigenvalue weighted by Crippen LogP contribution is -2.49. The Kier molecular flexibility index (Phi) is 6.17. The van der Waals surface area contributed by atoms with Crippen molar-refractivity contribution in [3.63, 3.8) is 0 Å². The summed E-state index contributed by atoms with van der Waals surface area (Å²) in [6, 6.07) is 0. The monoisotopic (exact) mass is 243 g/mol. The summed E-state index contributed by atoms with van der Waals surface area (Å²) in [5.74, 6) is 0.120. The quantitative estimate of drug-likeness (QED) is 0.746. The van der Waals surface area contributed by atoms with Crippen molar-refractivity contribution < 1.29 is 9.53 Å². The first-order chi connectivity index (χ1) is 7.60. The molecule has 0 heterocycles. The van der Waals surface area contributed by atoms with Gasteiger partial charge in [0.25, 0.3) is 0 Å². The maximum atomic E-state index is 12.1. The molecule has 3 heteroatoms. The molecule has 0 aliphatic heterocycles. The van der Waals surface area contributed by atoms with Gasteiger partial charge in [-0.2, -0.15) is 0 Å². The maximum absolute atomic E-state index is 12.1. The van der Waals surface area contributed by atoms with E-state index in [-0.39, 0.29) is 23.0 Å². The first-order valence-corrected chi connectivity index (χ1v) is 6.55. The highest BCUT2D eigenvalue weighted by Crippen LogP contribution is 2.21. The highest BCUT2D eigenvalue weighted by Gasteiger charge is 2.30. The second-order valence-corrected chi connectivity index (χ2v) is 6.24. The van der Waals surface area contributed by atoms with Gasteiger partial charge in [0, 0.05) is 17.6 Å². The van der Waals surface area contributed by atoms with Crippen LogP contribution in [0.15, 0.2) is 0 Å². The van der Waals surface area contributed by atoms with E-state index in [9.17, 15) is 4.79 Å². The predicted octanol–water partition coefficient (Wildman–Crippen LogP) is 3.13. The zero-order valence-electron chi connectivity index (χ0n) is 12.5. The molecule has 0 radical (unpaired) electrons. The van der Waals surface area contributed by atoms with E-state index in [2.05, 4.69) is 5.32 Å². The Morgan fingerprint density at radius 1 is 1.24 bits per heavy atom. The fourth-order valence-corrected chi connectivity index (χ4v) is 1.25. The summed E-state index contributed by atoms with van der Waals surface area (Å²) in [5.41, 5.74) is -0.505. The van der Waals surface area contributed by atoms with E-state index < -0.39 is 0 Å². The van der Waals surface area contributed by atoms with Gasteiger partial charge in [-0.15, -0.1) is 0 Å². The third kappa shape index (κ3) is 6.67. The minimum atomic E-state index is -0.295. The van der Waals surface area contributed by atoms with Crippen LogP contribution in [0.1, 0.15) is 61.3 Å². The van der Waals surface area contributed by atoms with Crippen molar-refractivity contribution in [2.24, 2.45) is 5.41 Å². The van der Waals surface area contributed by atoms with Gasteiger partial charge in [-0.1, -0.05) is 20.8 Å². The first-order valence-electron chi connectivity index (χ1n) is 6.55. The Morgan fingerprint density at radius 3 is 2.18 bits per heavy atom. The molecule has 0 saturated heterocycles. The molecule has 0 aromatic carbocycles. The van der Waals surface area contributed by atoms with Crippen LogP contribution in [-0.2, 0) is 9.53 Å². The zero-order valence-corrected chi connectivity index (χ0v) is 12.5. The number of nitrogens with one attached hydrogen (secondary N) is 1. The number of amides is 1. The Labute approximate surface area is 106 Å². The summed E-state index contributed by atoms with van der Waals surface area (Å²) in [5, 5.41) is 3.10. The van der Waals surface area contributed by atoms with Crippen molar-refractivity contribution in [3.8, 4) is 0 Å². The SMILES string of the molecule is CCC(C)(C)C(=O)NC(C)(C)CCOC(C)C. The number of carbonyl (C=O) groups excluding carboxylic acids is 1. The highest BCUT2D eigenvalue weighted by molar-refractivity contribution is 5.82. The molecule has 0 aromatic heterocycles. The van der Waals surface area contributed by atoms with Gasteiger partial charge in [0.05, 0.1) is 6.10 Å². The van der Waals surface area contributed by atoms with E-state index in [1.165, 1.54) is 0 Å². The summed E-state index contributed by atoms with van der Waals surface area (Å²) in [6.45, 7) is 14.8. The summed E-state index contributed by atoms with van der Waals surface area (Å²) in [4.78, 5) is 12.1. The van der Waals surface area contributed by atoms with Gasteiger partial charge in [0.1, 0.15) is 0 Å². The molecular weight excluding hydrogens is 214 g/mol. The van der Waals surface area contributed by atoms with Crippen LogP contribution in [-0.4, -0.2) is 24.2 Å². The molecule has 0 aliphatic carbocycles. The van der Waals surface area contributed by atoms with E-state index in [4.69, 9.17) is 4.74 Å². The van der Waals surface area contributed by atoms with Gasteiger partial charge in [0.15, 0.2) is 0 Å². The van der Waals surface area contributed by atoms with Gasteiger partial charge in [0.2, 0.25) is 5.91 Å². The summed E-state index contributed by atoms with van der Waals surface area (Å²) in [7, 11) is 0. The molecule has 17 heavy (non-hydrogen) atoms. The number of hydrogen-bond acceptors (Lipinski definition) is 2. The lowest BCUT2D eigenvalue weighted by atomic mass is 9.87. The molecule has 0 aromatic rings. The van der Waals surface area contributed by atoms with Gasteiger partial charge >= 0.3 is 0 Å². The van der Waals surface area contributed by atoms with E-state index in [0.717, 1.165) is 12.8 Å². The van der Waals surface area contributed by atoms with E-state index >= 15 is 0 Å². The van der Waals surface area contributed by atoms with E-state index in [1.54, 1.807) is 0 Å². The Bertz CT molecular complexity index is 245. The molecule has 0 bridgehead atoms. The first kappa shape index (κ1) is 16.4. The molecule has 1 N–H and O–H groups in total. The van der Waals surface area contributed by atoms with Crippen LogP contribution in [0.4, 0.5) is 0 Å². The van der Waals surface area contributed by atoms with Crippen molar-refractivity contribution in [2.75, 3.05) is 6.61 Å². The molecule has 3 nitrogen and oxygen atoms in total. The van der Waals surface area contributed by atoms with Crippen LogP contribution in [0, 0.1) is 5.41 Å². The molecule has 102 valence electrons. The predicted molar refractivity (Wildman–Crippen MR) is 72.0 cm³/mol. The Hall–Kier alpha value is -0.570. The van der Waals surface area contributed by atoms with Crippen molar-refractivity contribution in [3.05, 3.63) is 0 Å². The fraction of sp³-hybridized carbons (Fsp3) is 0.929. The average Bonchev–Trinajstić information content (AvgIpc) is 2.15. The minimum absolute atomic E-state index is 0.120. The number of ether oxygens (including phenoxy) is 1. The van der Waals surface area contributed by atoms with Crippen molar-refractivity contribution in [2.45, 2.75) is 73.0 Å². The second-order valence-electron chi connectivity index (χ2n) is 6.24. The van der Waals surface area contributed by atoms with Crippen molar-refractivity contribution in [1.82, 2.24) is 5.32 Å². The lowest BCUT2D eigenvalue weighted by molar-refractivity contribution is -0.131. The summed E-state index contributed by atoms with van der Waals surface area (Å²) < 4.78 is 5.52. The molecule has 0 aliphatic rings. The van der Waals surface area contributed by atoms with Gasteiger partial charge < -0.3 is 10.1 Å². The van der Waals surface area contributed by atoms with Crippen LogP contribution in [0.3, 0.4) is 0 Å². The molecule has 0 fully saturated rings. The molecule has 0 atom stereocenters. The van der Waals surface area contributed by atoms with Crippen LogP contribution in [0.5, 0.6) is 0 Å². The third-order valence-electron chi connectivity index (χ3n) is 3.13.